The molecular formula is C11H17N5O. The van der Waals surface area contributed by atoms with Crippen LogP contribution in [0.4, 0.5) is 5.69 Å². The van der Waals surface area contributed by atoms with Gasteiger partial charge in [0.15, 0.2) is 5.69 Å². The summed E-state index contributed by atoms with van der Waals surface area (Å²) in [5.41, 5.74) is 6.35. The molecule has 1 atom stereocenters. The van der Waals surface area contributed by atoms with Crippen LogP contribution in [0.3, 0.4) is 0 Å². The molecule has 6 nitrogen and oxygen atoms in total. The number of aryl methyl sites for hydroxylation is 1. The highest BCUT2D eigenvalue weighted by atomic mass is 16.2. The van der Waals surface area contributed by atoms with E-state index in [1.165, 1.54) is 4.90 Å². The molecular weight excluding hydrogens is 218 g/mol. The number of nitrogen functional groups attached to an aromatic ring is 1. The van der Waals surface area contributed by atoms with E-state index in [1.807, 2.05) is 19.9 Å². The Balaban J connectivity index is 2.88. The Morgan fingerprint density at radius 1 is 1.76 bits per heavy atom. The molecule has 0 aliphatic rings. The molecule has 1 amide bonds. The lowest BCUT2D eigenvalue weighted by Crippen LogP contribution is -2.35. The standard InChI is InChI=1S/C11H17N5O/c1-4-16-7-9(13)10(14-16)11(17)15(3)8(2)5-6-12/h7-8H,4-5,13H2,1-3H3. The van der Waals surface area contributed by atoms with Gasteiger partial charge in [-0.3, -0.25) is 9.48 Å². The molecule has 0 saturated carbocycles. The fourth-order valence-electron chi connectivity index (χ4n) is 1.40. The molecule has 0 spiro atoms. The maximum Gasteiger partial charge on any atom is 0.276 e. The zero-order chi connectivity index (χ0) is 13.0. The summed E-state index contributed by atoms with van der Waals surface area (Å²) in [4.78, 5) is 13.6. The van der Waals surface area contributed by atoms with Crippen molar-refractivity contribution in [1.82, 2.24) is 14.7 Å². The van der Waals surface area contributed by atoms with Crippen LogP contribution < -0.4 is 5.73 Å². The maximum absolute atomic E-state index is 12.1. The number of amides is 1. The third-order valence-corrected chi connectivity index (χ3v) is 2.68. The number of hydrogen-bond acceptors (Lipinski definition) is 4. The Morgan fingerprint density at radius 2 is 2.41 bits per heavy atom. The van der Waals surface area contributed by atoms with Crippen LogP contribution in [-0.4, -0.2) is 33.7 Å². The van der Waals surface area contributed by atoms with Gasteiger partial charge in [-0.1, -0.05) is 0 Å². The van der Waals surface area contributed by atoms with E-state index in [-0.39, 0.29) is 24.1 Å². The third kappa shape index (κ3) is 2.75. The third-order valence-electron chi connectivity index (χ3n) is 2.68. The normalized spacial score (nSPS) is 11.9. The molecule has 0 saturated heterocycles. The number of carbonyl (C=O) groups excluding carboxylic acids is 1. The van der Waals surface area contributed by atoms with Crippen LogP contribution in [0, 0.1) is 11.3 Å². The second-order valence-corrected chi connectivity index (χ2v) is 3.92. The topological polar surface area (TPSA) is 87.9 Å². The first-order chi connectivity index (χ1) is 8.01. The van der Waals surface area contributed by atoms with Gasteiger partial charge in [-0.25, -0.2) is 0 Å². The molecule has 6 heteroatoms. The lowest BCUT2D eigenvalue weighted by molar-refractivity contribution is 0.0740. The number of hydrogen-bond donors (Lipinski definition) is 1. The van der Waals surface area contributed by atoms with Crippen molar-refractivity contribution in [2.24, 2.45) is 0 Å². The number of nitriles is 1. The average Bonchev–Trinajstić information content (AvgIpc) is 2.69. The zero-order valence-electron chi connectivity index (χ0n) is 10.3. The highest BCUT2D eigenvalue weighted by Gasteiger charge is 2.22. The molecule has 0 aliphatic carbocycles. The Bertz CT molecular complexity index is 445. The Labute approximate surface area is 101 Å². The van der Waals surface area contributed by atoms with Crippen LogP contribution in [0.25, 0.3) is 0 Å². The first kappa shape index (κ1) is 13.0. The van der Waals surface area contributed by atoms with E-state index in [2.05, 4.69) is 5.10 Å². The van der Waals surface area contributed by atoms with Gasteiger partial charge in [0.05, 0.1) is 18.2 Å². The second-order valence-electron chi connectivity index (χ2n) is 3.92. The number of nitrogens with two attached hydrogens (primary N) is 1. The van der Waals surface area contributed by atoms with Crippen molar-refractivity contribution in [3.8, 4) is 6.07 Å². The monoisotopic (exact) mass is 235 g/mol. The minimum Gasteiger partial charge on any atom is -0.396 e. The van der Waals surface area contributed by atoms with Gasteiger partial charge in [0, 0.05) is 25.8 Å². The number of nitrogens with zero attached hydrogens (tertiary/aromatic N) is 4. The Morgan fingerprint density at radius 3 is 2.88 bits per heavy atom. The summed E-state index contributed by atoms with van der Waals surface area (Å²) >= 11 is 0. The van der Waals surface area contributed by atoms with Crippen molar-refractivity contribution in [2.75, 3.05) is 12.8 Å². The first-order valence-corrected chi connectivity index (χ1v) is 5.48. The quantitative estimate of drug-likeness (QED) is 0.838. The predicted octanol–water partition coefficient (Wildman–Crippen LogP) is 0.859. The molecule has 1 heterocycles. The zero-order valence-corrected chi connectivity index (χ0v) is 10.3. The molecule has 0 fully saturated rings. The minimum atomic E-state index is -0.252. The smallest absolute Gasteiger partial charge is 0.276 e. The fraction of sp³-hybridized carbons (Fsp3) is 0.545. The second kappa shape index (κ2) is 5.34. The van der Waals surface area contributed by atoms with Gasteiger partial charge < -0.3 is 10.6 Å². The summed E-state index contributed by atoms with van der Waals surface area (Å²) in [6.45, 7) is 4.39. The van der Waals surface area contributed by atoms with Gasteiger partial charge in [0.2, 0.25) is 0 Å². The molecule has 1 aromatic heterocycles. The van der Waals surface area contributed by atoms with Crippen molar-refractivity contribution in [2.45, 2.75) is 32.9 Å². The number of aromatic nitrogens is 2. The SMILES string of the molecule is CCn1cc(N)c(C(=O)N(C)C(C)CC#N)n1. The first-order valence-electron chi connectivity index (χ1n) is 5.48. The van der Waals surface area contributed by atoms with Crippen molar-refractivity contribution in [3.63, 3.8) is 0 Å². The molecule has 0 bridgehead atoms. The number of carbonyl (C=O) groups is 1. The summed E-state index contributed by atoms with van der Waals surface area (Å²) in [5.74, 6) is -0.252. The average molecular weight is 235 g/mol. The van der Waals surface area contributed by atoms with Crippen molar-refractivity contribution in [1.29, 1.82) is 5.26 Å². The fourth-order valence-corrected chi connectivity index (χ4v) is 1.40. The predicted molar refractivity (Wildman–Crippen MR) is 64.1 cm³/mol. The highest BCUT2D eigenvalue weighted by Crippen LogP contribution is 2.13. The van der Waals surface area contributed by atoms with E-state index >= 15 is 0 Å². The molecule has 1 rings (SSSR count). The maximum atomic E-state index is 12.1. The number of rotatable bonds is 4. The van der Waals surface area contributed by atoms with Gasteiger partial charge in [-0.15, -0.1) is 0 Å². The lowest BCUT2D eigenvalue weighted by atomic mass is 10.2. The van der Waals surface area contributed by atoms with E-state index in [9.17, 15) is 4.79 Å². The minimum absolute atomic E-state index is 0.154. The largest absolute Gasteiger partial charge is 0.396 e. The van der Waals surface area contributed by atoms with E-state index in [0.29, 0.717) is 12.2 Å². The summed E-state index contributed by atoms with van der Waals surface area (Å²) in [6.07, 6.45) is 1.92. The van der Waals surface area contributed by atoms with E-state index < -0.39 is 0 Å². The highest BCUT2D eigenvalue weighted by molar-refractivity contribution is 5.97. The molecule has 0 aliphatic heterocycles. The van der Waals surface area contributed by atoms with Crippen LogP contribution in [-0.2, 0) is 6.54 Å². The summed E-state index contributed by atoms with van der Waals surface area (Å²) in [5, 5.41) is 12.7. The summed E-state index contributed by atoms with van der Waals surface area (Å²) in [7, 11) is 1.65. The van der Waals surface area contributed by atoms with Crippen LogP contribution in [0.1, 0.15) is 30.8 Å². The molecule has 0 aromatic carbocycles. The molecule has 17 heavy (non-hydrogen) atoms. The molecule has 92 valence electrons. The van der Waals surface area contributed by atoms with Gasteiger partial charge in [-0.05, 0) is 13.8 Å². The van der Waals surface area contributed by atoms with Crippen LogP contribution in [0.5, 0.6) is 0 Å². The molecule has 2 N–H and O–H groups in total. The molecule has 0 radical (unpaired) electrons. The van der Waals surface area contributed by atoms with Gasteiger partial charge >= 0.3 is 0 Å². The van der Waals surface area contributed by atoms with Gasteiger partial charge in [-0.2, -0.15) is 10.4 Å². The van der Waals surface area contributed by atoms with E-state index in [1.54, 1.807) is 17.9 Å². The van der Waals surface area contributed by atoms with Crippen molar-refractivity contribution < 1.29 is 4.79 Å². The van der Waals surface area contributed by atoms with E-state index in [0.717, 1.165) is 0 Å². The Kier molecular flexibility index (Phi) is 4.10. The molecule has 1 unspecified atom stereocenters. The van der Waals surface area contributed by atoms with Crippen LogP contribution in [0.2, 0.25) is 0 Å². The summed E-state index contributed by atoms with van der Waals surface area (Å²) < 4.78 is 1.62. The van der Waals surface area contributed by atoms with Crippen LogP contribution in [0.15, 0.2) is 6.20 Å². The van der Waals surface area contributed by atoms with Gasteiger partial charge in [0.1, 0.15) is 0 Å². The van der Waals surface area contributed by atoms with Crippen molar-refractivity contribution in [3.05, 3.63) is 11.9 Å². The van der Waals surface area contributed by atoms with Crippen molar-refractivity contribution >= 4 is 11.6 Å². The lowest BCUT2D eigenvalue weighted by Gasteiger charge is -2.22. The van der Waals surface area contributed by atoms with E-state index in [4.69, 9.17) is 11.0 Å². The summed E-state index contributed by atoms with van der Waals surface area (Å²) in [6, 6.07) is 1.88. The molecule has 1 aromatic rings. The van der Waals surface area contributed by atoms with Crippen LogP contribution >= 0.6 is 0 Å². The van der Waals surface area contributed by atoms with Gasteiger partial charge in [0.25, 0.3) is 5.91 Å². The Hall–Kier alpha value is -2.03. The number of anilines is 1.